The molecule has 4 aromatic carbocycles. The number of nitrogens with zero attached hydrogens (tertiary/aromatic N) is 2. The molecule has 47 heavy (non-hydrogen) atoms. The van der Waals surface area contributed by atoms with Crippen molar-refractivity contribution in [2.75, 3.05) is 25.1 Å². The number of methoxy groups -OCH3 is 2. The van der Waals surface area contributed by atoms with Gasteiger partial charge >= 0.3 is 0 Å². The average molecular weight is 678 g/mol. The van der Waals surface area contributed by atoms with Crippen LogP contribution in [0.15, 0.2) is 108 Å². The minimum Gasteiger partial charge on any atom is -0.493 e. The van der Waals surface area contributed by atoms with Crippen LogP contribution in [0.2, 0.25) is 5.02 Å². The summed E-state index contributed by atoms with van der Waals surface area (Å²) in [4.78, 5) is 30.0. The van der Waals surface area contributed by atoms with Gasteiger partial charge in [0.1, 0.15) is 12.6 Å². The van der Waals surface area contributed by atoms with Crippen molar-refractivity contribution in [3.05, 3.63) is 119 Å². The number of hydrogen-bond donors (Lipinski definition) is 1. The number of carbonyl (C=O) groups excluding carboxylic acids is 2. The van der Waals surface area contributed by atoms with Crippen molar-refractivity contribution in [1.82, 2.24) is 10.2 Å². The van der Waals surface area contributed by atoms with Gasteiger partial charge in [0.15, 0.2) is 11.5 Å². The molecule has 0 aliphatic carbocycles. The van der Waals surface area contributed by atoms with E-state index in [1.807, 2.05) is 44.2 Å². The molecule has 0 saturated heterocycles. The van der Waals surface area contributed by atoms with E-state index in [1.54, 1.807) is 54.6 Å². The second kappa shape index (κ2) is 16.3. The molecule has 2 atom stereocenters. The second-order valence-corrected chi connectivity index (χ2v) is 13.3. The van der Waals surface area contributed by atoms with Crippen LogP contribution >= 0.6 is 11.6 Å². The predicted molar refractivity (Wildman–Crippen MR) is 184 cm³/mol. The van der Waals surface area contributed by atoms with E-state index in [2.05, 4.69) is 5.32 Å². The Balaban J connectivity index is 1.85. The van der Waals surface area contributed by atoms with Gasteiger partial charge in [0.25, 0.3) is 10.0 Å². The fraction of sp³-hybridized carbons (Fsp3) is 0.278. The molecule has 0 aliphatic heterocycles. The lowest BCUT2D eigenvalue weighted by Gasteiger charge is -2.34. The number of amides is 2. The zero-order valence-electron chi connectivity index (χ0n) is 26.9. The summed E-state index contributed by atoms with van der Waals surface area (Å²) in [7, 11) is -1.35. The summed E-state index contributed by atoms with van der Waals surface area (Å²) in [5.74, 6) is -0.273. The molecule has 0 saturated carbocycles. The molecule has 248 valence electrons. The molecular formula is C36H40ClN3O6S. The minimum absolute atomic E-state index is 0.00409. The maximum atomic E-state index is 14.6. The highest BCUT2D eigenvalue weighted by Gasteiger charge is 2.35. The zero-order valence-corrected chi connectivity index (χ0v) is 28.5. The number of ether oxygens (including phenoxy) is 2. The van der Waals surface area contributed by atoms with E-state index in [4.69, 9.17) is 21.1 Å². The SMILES string of the molecule is CC[C@H](C)NC(=O)[C@@H](Cc1ccccc1)N(Cc1ccccc1Cl)C(=O)CN(c1ccc(OC)c(OC)c1)S(=O)(=O)c1ccccc1. The average Bonchev–Trinajstić information content (AvgIpc) is 3.09. The molecule has 0 fully saturated rings. The quantitative estimate of drug-likeness (QED) is 0.163. The first kappa shape index (κ1) is 35.3. The molecule has 4 aromatic rings. The first-order valence-electron chi connectivity index (χ1n) is 15.3. The fourth-order valence-corrected chi connectivity index (χ4v) is 6.66. The van der Waals surface area contributed by atoms with Crippen LogP contribution in [0, 0.1) is 0 Å². The number of halogens is 1. The predicted octanol–water partition coefficient (Wildman–Crippen LogP) is 6.11. The highest BCUT2D eigenvalue weighted by atomic mass is 35.5. The monoisotopic (exact) mass is 677 g/mol. The van der Waals surface area contributed by atoms with E-state index in [0.717, 1.165) is 9.87 Å². The van der Waals surface area contributed by atoms with Crippen molar-refractivity contribution >= 4 is 39.1 Å². The van der Waals surface area contributed by atoms with E-state index in [-0.39, 0.29) is 41.2 Å². The summed E-state index contributed by atoms with van der Waals surface area (Å²) in [6.45, 7) is 3.20. The lowest BCUT2D eigenvalue weighted by Crippen LogP contribution is -2.54. The molecule has 4 rings (SSSR count). The molecule has 0 aliphatic rings. The summed E-state index contributed by atoms with van der Waals surface area (Å²) in [6, 6.07) is 27.8. The van der Waals surface area contributed by atoms with Gasteiger partial charge in [-0.2, -0.15) is 0 Å². The Morgan fingerprint density at radius 1 is 0.851 bits per heavy atom. The second-order valence-electron chi connectivity index (χ2n) is 11.0. The van der Waals surface area contributed by atoms with E-state index >= 15 is 0 Å². The Hall–Kier alpha value is -4.54. The Labute approximate surface area is 282 Å². The van der Waals surface area contributed by atoms with Crippen LogP contribution in [0.1, 0.15) is 31.4 Å². The third-order valence-corrected chi connectivity index (χ3v) is 9.99. The third-order valence-electron chi connectivity index (χ3n) is 7.84. The van der Waals surface area contributed by atoms with Gasteiger partial charge in [0, 0.05) is 30.1 Å². The molecule has 0 spiro atoms. The van der Waals surface area contributed by atoms with Crippen LogP contribution in [0.3, 0.4) is 0 Å². The number of benzene rings is 4. The number of carbonyl (C=O) groups is 2. The normalized spacial score (nSPS) is 12.4. The molecule has 0 aromatic heterocycles. The van der Waals surface area contributed by atoms with Crippen molar-refractivity contribution < 1.29 is 27.5 Å². The van der Waals surface area contributed by atoms with E-state index in [9.17, 15) is 18.0 Å². The maximum absolute atomic E-state index is 14.6. The molecule has 11 heteroatoms. The van der Waals surface area contributed by atoms with Crippen LogP contribution < -0.4 is 19.1 Å². The molecule has 2 amide bonds. The van der Waals surface area contributed by atoms with Gasteiger partial charge in [-0.25, -0.2) is 8.42 Å². The number of hydrogen-bond acceptors (Lipinski definition) is 6. The van der Waals surface area contributed by atoms with Gasteiger partial charge in [-0.05, 0) is 54.8 Å². The Morgan fingerprint density at radius 2 is 1.47 bits per heavy atom. The summed E-state index contributed by atoms with van der Waals surface area (Å²) in [6.07, 6.45) is 0.881. The highest BCUT2D eigenvalue weighted by molar-refractivity contribution is 7.92. The molecule has 0 bridgehead atoms. The molecule has 0 heterocycles. The summed E-state index contributed by atoms with van der Waals surface area (Å²) in [5.41, 5.74) is 1.63. The van der Waals surface area contributed by atoms with Crippen molar-refractivity contribution in [2.24, 2.45) is 0 Å². The highest BCUT2D eigenvalue weighted by Crippen LogP contribution is 2.34. The van der Waals surface area contributed by atoms with Crippen LogP contribution in [-0.4, -0.2) is 58.0 Å². The minimum atomic E-state index is -4.27. The number of anilines is 1. The van der Waals surface area contributed by atoms with Crippen molar-refractivity contribution in [2.45, 2.75) is 50.2 Å². The van der Waals surface area contributed by atoms with Gasteiger partial charge in [-0.3, -0.25) is 13.9 Å². The van der Waals surface area contributed by atoms with Gasteiger partial charge in [-0.1, -0.05) is 85.3 Å². The number of nitrogens with one attached hydrogen (secondary N) is 1. The summed E-state index contributed by atoms with van der Waals surface area (Å²) >= 11 is 6.57. The number of rotatable bonds is 15. The van der Waals surface area contributed by atoms with E-state index in [0.29, 0.717) is 22.8 Å². The molecule has 9 nitrogen and oxygen atoms in total. The van der Waals surface area contributed by atoms with Crippen LogP contribution in [0.5, 0.6) is 11.5 Å². The van der Waals surface area contributed by atoms with Crippen LogP contribution in [0.4, 0.5) is 5.69 Å². The van der Waals surface area contributed by atoms with Gasteiger partial charge < -0.3 is 19.7 Å². The van der Waals surface area contributed by atoms with Crippen LogP contribution in [0.25, 0.3) is 0 Å². The van der Waals surface area contributed by atoms with Crippen molar-refractivity contribution in [3.8, 4) is 11.5 Å². The van der Waals surface area contributed by atoms with Crippen molar-refractivity contribution in [3.63, 3.8) is 0 Å². The van der Waals surface area contributed by atoms with E-state index in [1.165, 1.54) is 37.3 Å². The Kier molecular flexibility index (Phi) is 12.3. The molecular weight excluding hydrogens is 638 g/mol. The Bertz CT molecular complexity index is 1760. The lowest BCUT2D eigenvalue weighted by atomic mass is 10.0. The largest absolute Gasteiger partial charge is 0.493 e. The Morgan fingerprint density at radius 3 is 2.09 bits per heavy atom. The first-order chi connectivity index (χ1) is 22.6. The van der Waals surface area contributed by atoms with E-state index < -0.39 is 28.5 Å². The lowest BCUT2D eigenvalue weighted by molar-refractivity contribution is -0.140. The maximum Gasteiger partial charge on any atom is 0.264 e. The first-order valence-corrected chi connectivity index (χ1v) is 17.1. The van der Waals surface area contributed by atoms with Crippen molar-refractivity contribution in [1.29, 1.82) is 0 Å². The standard InChI is InChI=1S/C36H40ClN3O6S/c1-5-26(2)38-36(42)32(22-27-14-8-6-9-15-27)39(24-28-16-12-13-19-31(28)37)35(41)25-40(47(43,44)30-17-10-7-11-18-30)29-20-21-33(45-3)34(23-29)46-4/h6-21,23,26,32H,5,22,24-25H2,1-4H3,(H,38,42)/t26-,32+/m0/s1. The zero-order chi connectivity index (χ0) is 34.0. The fourth-order valence-electron chi connectivity index (χ4n) is 5.03. The smallest absolute Gasteiger partial charge is 0.264 e. The summed E-state index contributed by atoms with van der Waals surface area (Å²) in [5, 5.41) is 3.44. The molecule has 1 N–H and O–H groups in total. The van der Waals surface area contributed by atoms with Gasteiger partial charge in [-0.15, -0.1) is 0 Å². The van der Waals surface area contributed by atoms with Crippen LogP contribution in [-0.2, 0) is 32.6 Å². The summed E-state index contributed by atoms with van der Waals surface area (Å²) < 4.78 is 40.3. The number of sulfonamides is 1. The molecule has 0 unspecified atom stereocenters. The molecule has 0 radical (unpaired) electrons. The topological polar surface area (TPSA) is 105 Å². The third kappa shape index (κ3) is 8.84. The van der Waals surface area contributed by atoms with Gasteiger partial charge in [0.05, 0.1) is 24.8 Å². The van der Waals surface area contributed by atoms with Gasteiger partial charge in [0.2, 0.25) is 11.8 Å².